The summed E-state index contributed by atoms with van der Waals surface area (Å²) in [7, 11) is -1.00. The molecule has 8 nitrogen and oxygen atoms in total. The van der Waals surface area contributed by atoms with Gasteiger partial charge in [0.15, 0.2) is 11.5 Å². The zero-order valence-corrected chi connectivity index (χ0v) is 21.9. The van der Waals surface area contributed by atoms with Gasteiger partial charge in [0, 0.05) is 6.54 Å². The van der Waals surface area contributed by atoms with Crippen molar-refractivity contribution in [3.63, 3.8) is 0 Å². The van der Waals surface area contributed by atoms with Crippen molar-refractivity contribution in [1.82, 2.24) is 5.32 Å². The maximum Gasteiger partial charge on any atom is 0.264 e. The highest BCUT2D eigenvalue weighted by atomic mass is 32.2. The summed E-state index contributed by atoms with van der Waals surface area (Å²) in [6, 6.07) is 16.5. The summed E-state index contributed by atoms with van der Waals surface area (Å²) < 4.78 is 57.2. The Labute approximate surface area is 217 Å². The molecule has 0 aromatic heterocycles. The van der Waals surface area contributed by atoms with Crippen LogP contribution in [0.5, 0.6) is 17.2 Å². The van der Waals surface area contributed by atoms with Crippen LogP contribution in [0.1, 0.15) is 18.9 Å². The number of amides is 1. The lowest BCUT2D eigenvalue weighted by Gasteiger charge is -2.24. The Morgan fingerprint density at radius 1 is 0.946 bits per heavy atom. The second kappa shape index (κ2) is 13.0. The van der Waals surface area contributed by atoms with Crippen molar-refractivity contribution in [2.24, 2.45) is 0 Å². The lowest BCUT2D eigenvalue weighted by Crippen LogP contribution is -2.41. The zero-order valence-electron chi connectivity index (χ0n) is 21.1. The van der Waals surface area contributed by atoms with Gasteiger partial charge in [-0.05, 0) is 86.0 Å². The zero-order chi connectivity index (χ0) is 26.8. The summed E-state index contributed by atoms with van der Waals surface area (Å²) in [5, 5.41) is 2.78. The topological polar surface area (TPSA) is 94.2 Å². The number of ether oxygens (including phenoxy) is 3. The summed E-state index contributed by atoms with van der Waals surface area (Å²) in [6.45, 7) is 2.21. The molecule has 3 aromatic carbocycles. The molecule has 3 aromatic rings. The van der Waals surface area contributed by atoms with Gasteiger partial charge in [0.2, 0.25) is 5.91 Å². The smallest absolute Gasteiger partial charge is 0.264 e. The highest BCUT2D eigenvalue weighted by Crippen LogP contribution is 2.28. The molecule has 0 unspecified atom stereocenters. The molecule has 0 atom stereocenters. The Kier molecular flexibility index (Phi) is 9.73. The number of hydrogen-bond acceptors (Lipinski definition) is 6. The lowest BCUT2D eigenvalue weighted by molar-refractivity contribution is -0.119. The minimum Gasteiger partial charge on any atom is -0.494 e. The fourth-order valence-electron chi connectivity index (χ4n) is 3.67. The Balaban J connectivity index is 1.69. The third-order valence-corrected chi connectivity index (χ3v) is 7.32. The minimum absolute atomic E-state index is 0.121. The molecule has 10 heteroatoms. The number of nitrogens with zero attached hydrogens (tertiary/aromatic N) is 1. The average Bonchev–Trinajstić information content (AvgIpc) is 2.90. The standard InChI is InChI=1S/C27H31FN2O6S/c1-4-36-23-12-10-22(11-13-23)30(37(32,33)24-14-8-21(28)9-15-24)19-27(31)29-17-5-6-20-7-16-25(34-2)26(18-20)35-3/h7-16,18H,4-6,17,19H2,1-3H3,(H,29,31). The number of aryl methyl sites for hydroxylation is 1. The van der Waals surface area contributed by atoms with E-state index in [9.17, 15) is 17.6 Å². The molecular weight excluding hydrogens is 499 g/mol. The molecule has 0 saturated heterocycles. The number of benzene rings is 3. The second-order valence-corrected chi connectivity index (χ2v) is 9.90. The SMILES string of the molecule is CCOc1ccc(N(CC(=O)NCCCc2ccc(OC)c(OC)c2)S(=O)(=O)c2ccc(F)cc2)cc1. The molecule has 0 fully saturated rings. The molecule has 3 rings (SSSR count). The number of hydrogen-bond donors (Lipinski definition) is 1. The van der Waals surface area contributed by atoms with Crippen LogP contribution in [-0.2, 0) is 21.2 Å². The van der Waals surface area contributed by atoms with Crippen LogP contribution in [-0.4, -0.2) is 48.2 Å². The van der Waals surface area contributed by atoms with Crippen molar-refractivity contribution < 1.29 is 31.8 Å². The molecule has 0 bridgehead atoms. The first-order valence-corrected chi connectivity index (χ1v) is 13.2. The van der Waals surface area contributed by atoms with Gasteiger partial charge in [-0.1, -0.05) is 6.07 Å². The first kappa shape index (κ1) is 27.8. The highest BCUT2D eigenvalue weighted by molar-refractivity contribution is 7.92. The van der Waals surface area contributed by atoms with Crippen molar-refractivity contribution >= 4 is 21.6 Å². The van der Waals surface area contributed by atoms with Crippen molar-refractivity contribution in [3.8, 4) is 17.2 Å². The molecule has 0 aliphatic heterocycles. The number of methoxy groups -OCH3 is 2. The average molecular weight is 531 g/mol. The van der Waals surface area contributed by atoms with Crippen molar-refractivity contribution in [2.45, 2.75) is 24.7 Å². The van der Waals surface area contributed by atoms with Crippen LogP contribution >= 0.6 is 0 Å². The fraction of sp³-hybridized carbons (Fsp3) is 0.296. The van der Waals surface area contributed by atoms with Gasteiger partial charge in [0.1, 0.15) is 18.1 Å². The Morgan fingerprint density at radius 2 is 1.62 bits per heavy atom. The third-order valence-electron chi connectivity index (χ3n) is 5.54. The number of nitrogens with one attached hydrogen (secondary N) is 1. The summed E-state index contributed by atoms with van der Waals surface area (Å²) in [5.41, 5.74) is 1.30. The molecule has 0 aliphatic rings. The van der Waals surface area contributed by atoms with Gasteiger partial charge < -0.3 is 19.5 Å². The second-order valence-electron chi connectivity index (χ2n) is 8.04. The van der Waals surface area contributed by atoms with Gasteiger partial charge in [0.05, 0.1) is 31.4 Å². The maximum absolute atomic E-state index is 13.4. The van der Waals surface area contributed by atoms with Gasteiger partial charge in [-0.3, -0.25) is 9.10 Å². The van der Waals surface area contributed by atoms with Gasteiger partial charge in [-0.15, -0.1) is 0 Å². The molecule has 0 radical (unpaired) electrons. The molecule has 1 amide bonds. The van der Waals surface area contributed by atoms with Gasteiger partial charge >= 0.3 is 0 Å². The van der Waals surface area contributed by atoms with E-state index in [-0.39, 0.29) is 10.6 Å². The summed E-state index contributed by atoms with van der Waals surface area (Å²) in [4.78, 5) is 12.7. The molecule has 0 saturated carbocycles. The number of rotatable bonds is 13. The summed E-state index contributed by atoms with van der Waals surface area (Å²) >= 11 is 0. The van der Waals surface area contributed by atoms with Crippen LogP contribution in [0.2, 0.25) is 0 Å². The van der Waals surface area contributed by atoms with E-state index in [0.29, 0.717) is 43.2 Å². The molecule has 1 N–H and O–H groups in total. The predicted octanol–water partition coefficient (Wildman–Crippen LogP) is 4.19. The van der Waals surface area contributed by atoms with E-state index in [1.165, 1.54) is 12.1 Å². The maximum atomic E-state index is 13.4. The fourth-order valence-corrected chi connectivity index (χ4v) is 5.09. The molecule has 198 valence electrons. The Bertz CT molecular complexity index is 1280. The van der Waals surface area contributed by atoms with E-state index in [4.69, 9.17) is 14.2 Å². The molecular formula is C27H31FN2O6S. The quantitative estimate of drug-likeness (QED) is 0.333. The molecule has 0 aliphatic carbocycles. The first-order valence-electron chi connectivity index (χ1n) is 11.8. The number of halogens is 1. The van der Waals surface area contributed by atoms with Crippen molar-refractivity contribution in [2.75, 3.05) is 38.2 Å². The van der Waals surface area contributed by atoms with Crippen LogP contribution in [0.3, 0.4) is 0 Å². The van der Waals surface area contributed by atoms with Crippen LogP contribution in [0, 0.1) is 5.82 Å². The summed E-state index contributed by atoms with van der Waals surface area (Å²) in [5.74, 6) is 0.813. The normalized spacial score (nSPS) is 11.0. The van der Waals surface area contributed by atoms with Crippen LogP contribution in [0.4, 0.5) is 10.1 Å². The molecule has 0 heterocycles. The number of carbonyl (C=O) groups is 1. The number of anilines is 1. The molecule has 0 spiro atoms. The predicted molar refractivity (Wildman–Crippen MR) is 139 cm³/mol. The van der Waals surface area contributed by atoms with Crippen molar-refractivity contribution in [3.05, 3.63) is 78.1 Å². The Morgan fingerprint density at radius 3 is 2.24 bits per heavy atom. The van der Waals surface area contributed by atoms with E-state index in [2.05, 4.69) is 5.32 Å². The van der Waals surface area contributed by atoms with E-state index < -0.39 is 28.3 Å². The van der Waals surface area contributed by atoms with Crippen LogP contribution < -0.4 is 23.8 Å². The summed E-state index contributed by atoms with van der Waals surface area (Å²) in [6.07, 6.45) is 1.31. The van der Waals surface area contributed by atoms with E-state index in [1.807, 2.05) is 25.1 Å². The van der Waals surface area contributed by atoms with Crippen LogP contribution in [0.15, 0.2) is 71.6 Å². The van der Waals surface area contributed by atoms with E-state index >= 15 is 0 Å². The third kappa shape index (κ3) is 7.36. The van der Waals surface area contributed by atoms with Gasteiger partial charge in [-0.25, -0.2) is 12.8 Å². The minimum atomic E-state index is -4.14. The number of carbonyl (C=O) groups excluding carboxylic acids is 1. The monoisotopic (exact) mass is 530 g/mol. The van der Waals surface area contributed by atoms with E-state index in [0.717, 1.165) is 22.0 Å². The molecule has 37 heavy (non-hydrogen) atoms. The van der Waals surface area contributed by atoms with E-state index in [1.54, 1.807) is 38.5 Å². The first-order chi connectivity index (χ1) is 17.8. The van der Waals surface area contributed by atoms with Gasteiger partial charge in [-0.2, -0.15) is 0 Å². The largest absolute Gasteiger partial charge is 0.494 e. The lowest BCUT2D eigenvalue weighted by atomic mass is 10.1. The highest BCUT2D eigenvalue weighted by Gasteiger charge is 2.27. The van der Waals surface area contributed by atoms with Gasteiger partial charge in [0.25, 0.3) is 10.0 Å². The van der Waals surface area contributed by atoms with Crippen LogP contribution in [0.25, 0.3) is 0 Å². The Hall–Kier alpha value is -3.79. The van der Waals surface area contributed by atoms with Crippen molar-refractivity contribution in [1.29, 1.82) is 0 Å². The number of sulfonamides is 1.